The van der Waals surface area contributed by atoms with Crippen molar-refractivity contribution in [1.29, 1.82) is 5.26 Å². The Balaban J connectivity index is 1.59. The zero-order valence-corrected chi connectivity index (χ0v) is 19.9. The van der Waals surface area contributed by atoms with Crippen molar-refractivity contribution < 1.29 is 13.2 Å². The molecule has 1 N–H and O–H groups in total. The summed E-state index contributed by atoms with van der Waals surface area (Å²) in [6.45, 7) is 1.38. The van der Waals surface area contributed by atoms with E-state index < -0.39 is 28.0 Å². The van der Waals surface area contributed by atoms with Crippen molar-refractivity contribution in [3.05, 3.63) is 81.7 Å². The number of nitrogens with zero attached hydrogens (tertiary/aromatic N) is 4. The Labute approximate surface area is 199 Å². The quantitative estimate of drug-likeness (QED) is 0.440. The van der Waals surface area contributed by atoms with Crippen LogP contribution < -0.4 is 11.0 Å². The van der Waals surface area contributed by atoms with Crippen LogP contribution in [0.3, 0.4) is 0 Å². The zero-order chi connectivity index (χ0) is 24.5. The molecule has 0 bridgehead atoms. The first kappa shape index (κ1) is 23.3. The molecule has 9 nitrogen and oxygen atoms in total. The number of likely N-dealkylation sites (N-methyl/N-ethyl adjacent to an activating group) is 1. The van der Waals surface area contributed by atoms with Crippen LogP contribution in [0.15, 0.2) is 70.6 Å². The lowest BCUT2D eigenvalue weighted by molar-refractivity contribution is -0.117. The number of fused-ring (bicyclic) bond motifs is 1. The molecule has 2 aromatic carbocycles. The lowest BCUT2D eigenvalue weighted by atomic mass is 10.0. The summed E-state index contributed by atoms with van der Waals surface area (Å²) in [5.41, 5.74) is 3.90. The average molecular weight is 494 g/mol. The number of nitrogens with one attached hydrogen (secondary N) is 1. The Hall–Kier alpha value is -3.85. The van der Waals surface area contributed by atoms with Gasteiger partial charge in [0, 0.05) is 17.5 Å². The van der Waals surface area contributed by atoms with Crippen molar-refractivity contribution in [3.8, 4) is 17.2 Å². The molecule has 2 heterocycles. The third-order valence-corrected chi connectivity index (χ3v) is 7.99. The summed E-state index contributed by atoms with van der Waals surface area (Å²) >= 11 is 1.38. The Morgan fingerprint density at radius 1 is 1.18 bits per heavy atom. The van der Waals surface area contributed by atoms with Crippen molar-refractivity contribution in [3.63, 3.8) is 0 Å². The van der Waals surface area contributed by atoms with E-state index in [4.69, 9.17) is 5.26 Å². The van der Waals surface area contributed by atoms with E-state index in [-0.39, 0.29) is 4.90 Å². The van der Waals surface area contributed by atoms with Crippen molar-refractivity contribution in [1.82, 2.24) is 14.0 Å². The monoisotopic (exact) mass is 493 g/mol. The summed E-state index contributed by atoms with van der Waals surface area (Å²) in [7, 11) is -2.72. The van der Waals surface area contributed by atoms with Crippen LogP contribution in [-0.2, 0) is 14.8 Å². The molecule has 4 aromatic rings. The molecule has 1 amide bonds. The van der Waals surface area contributed by atoms with Gasteiger partial charge in [0.05, 0.1) is 28.5 Å². The Morgan fingerprint density at radius 3 is 2.50 bits per heavy atom. The summed E-state index contributed by atoms with van der Waals surface area (Å²) in [5.74, 6) is -0.712. The predicted octanol–water partition coefficient (Wildman–Crippen LogP) is 2.70. The first-order valence-corrected chi connectivity index (χ1v) is 12.3. The van der Waals surface area contributed by atoms with Crippen LogP contribution >= 0.6 is 11.3 Å². The molecular weight excluding hydrogens is 474 g/mol. The number of rotatable bonds is 6. The van der Waals surface area contributed by atoms with Gasteiger partial charge in [-0.05, 0) is 36.8 Å². The minimum Gasteiger partial charge on any atom is -0.272 e. The van der Waals surface area contributed by atoms with Crippen LogP contribution in [0.25, 0.3) is 21.3 Å². The number of thiophene rings is 1. The van der Waals surface area contributed by atoms with Crippen molar-refractivity contribution in [2.75, 3.05) is 19.0 Å². The molecule has 0 aliphatic carbocycles. The number of hydrogen-bond donors (Lipinski definition) is 1. The first-order valence-electron chi connectivity index (χ1n) is 10.0. The Bertz CT molecular complexity index is 1580. The molecule has 0 saturated carbocycles. The third kappa shape index (κ3) is 4.34. The number of aromatic nitrogens is 2. The van der Waals surface area contributed by atoms with Gasteiger partial charge in [-0.1, -0.05) is 30.3 Å². The van der Waals surface area contributed by atoms with Crippen LogP contribution in [0.1, 0.15) is 10.4 Å². The van der Waals surface area contributed by atoms with Crippen molar-refractivity contribution in [2.24, 2.45) is 0 Å². The summed E-state index contributed by atoms with van der Waals surface area (Å²) in [5, 5.41) is 9.26. The van der Waals surface area contributed by atoms with Gasteiger partial charge >= 0.3 is 0 Å². The number of sulfonamides is 1. The van der Waals surface area contributed by atoms with Gasteiger partial charge in [-0.2, -0.15) is 9.57 Å². The van der Waals surface area contributed by atoms with E-state index in [0.717, 1.165) is 25.0 Å². The van der Waals surface area contributed by atoms with Gasteiger partial charge in [0.2, 0.25) is 10.0 Å². The molecule has 172 valence electrons. The van der Waals surface area contributed by atoms with E-state index >= 15 is 0 Å². The molecule has 0 radical (unpaired) electrons. The topological polar surface area (TPSA) is 125 Å². The molecule has 4 rings (SSSR count). The highest BCUT2D eigenvalue weighted by molar-refractivity contribution is 7.89. The van der Waals surface area contributed by atoms with Crippen molar-refractivity contribution >= 4 is 37.5 Å². The maximum atomic E-state index is 13.2. The lowest BCUT2D eigenvalue weighted by Crippen LogP contribution is -2.40. The second kappa shape index (κ2) is 9.18. The predicted molar refractivity (Wildman–Crippen MR) is 129 cm³/mol. The van der Waals surface area contributed by atoms with Crippen LogP contribution in [0.4, 0.5) is 0 Å². The summed E-state index contributed by atoms with van der Waals surface area (Å²) < 4.78 is 27.3. The summed E-state index contributed by atoms with van der Waals surface area (Å²) in [6, 6.07) is 16.7. The fourth-order valence-corrected chi connectivity index (χ4v) is 5.60. The molecule has 0 fully saturated rings. The van der Waals surface area contributed by atoms with Gasteiger partial charge in [0.1, 0.15) is 11.2 Å². The van der Waals surface area contributed by atoms with Gasteiger partial charge in [-0.25, -0.2) is 18.1 Å². The average Bonchev–Trinajstić information content (AvgIpc) is 3.18. The molecule has 11 heteroatoms. The molecule has 0 aliphatic heterocycles. The first-order chi connectivity index (χ1) is 16.2. The number of benzene rings is 2. The highest BCUT2D eigenvalue weighted by atomic mass is 32.2. The number of amides is 1. The number of nitriles is 1. The summed E-state index contributed by atoms with van der Waals surface area (Å²) in [4.78, 5) is 31.5. The molecule has 0 saturated heterocycles. The van der Waals surface area contributed by atoms with Crippen molar-refractivity contribution in [2.45, 2.75) is 11.8 Å². The van der Waals surface area contributed by atoms with E-state index in [1.807, 2.05) is 43.3 Å². The van der Waals surface area contributed by atoms with Gasteiger partial charge in [0.15, 0.2) is 0 Å². The normalized spacial score (nSPS) is 11.5. The number of aryl methyl sites for hydroxylation is 1. The molecule has 0 aliphatic rings. The molecule has 34 heavy (non-hydrogen) atoms. The maximum Gasteiger partial charge on any atom is 0.281 e. The standard InChI is InChI=1S/C23H19N5O4S2/c1-15-20(17-6-4-3-5-7-17)21-22(33-15)25-14-28(23(21)30)26-19(29)13-27(2)34(31,32)18-10-8-16(12-24)9-11-18/h3-11,14H,13H2,1-2H3,(H,26,29). The number of hydrogen-bond acceptors (Lipinski definition) is 7. The van der Waals surface area contributed by atoms with Gasteiger partial charge in [0.25, 0.3) is 11.5 Å². The van der Waals surface area contributed by atoms with E-state index in [1.165, 1.54) is 49.0 Å². The van der Waals surface area contributed by atoms with E-state index in [1.54, 1.807) is 0 Å². The fraction of sp³-hybridized carbons (Fsp3) is 0.130. The van der Waals surface area contributed by atoms with Crippen LogP contribution in [0, 0.1) is 18.3 Å². The van der Waals surface area contributed by atoms with Crippen LogP contribution in [-0.4, -0.2) is 41.9 Å². The van der Waals surface area contributed by atoms with Crippen LogP contribution in [0.5, 0.6) is 0 Å². The molecule has 0 spiro atoms. The van der Waals surface area contributed by atoms with Crippen LogP contribution in [0.2, 0.25) is 0 Å². The minimum absolute atomic E-state index is 0.0525. The second-order valence-electron chi connectivity index (χ2n) is 7.43. The lowest BCUT2D eigenvalue weighted by Gasteiger charge is -2.17. The molecular formula is C23H19N5O4S2. The fourth-order valence-electron chi connectivity index (χ4n) is 3.47. The molecule has 0 unspecified atom stereocenters. The highest BCUT2D eigenvalue weighted by Crippen LogP contribution is 2.35. The van der Waals surface area contributed by atoms with Gasteiger partial charge < -0.3 is 0 Å². The maximum absolute atomic E-state index is 13.2. The minimum atomic E-state index is -3.97. The number of carbonyl (C=O) groups is 1. The van der Waals surface area contributed by atoms with Gasteiger partial charge in [-0.15, -0.1) is 11.3 Å². The van der Waals surface area contributed by atoms with E-state index in [0.29, 0.717) is 15.8 Å². The number of carbonyl (C=O) groups excluding carboxylic acids is 1. The zero-order valence-electron chi connectivity index (χ0n) is 18.2. The SMILES string of the molecule is Cc1sc2ncn(NC(=O)CN(C)S(=O)(=O)c3ccc(C#N)cc3)c(=O)c2c1-c1ccccc1. The molecule has 0 atom stereocenters. The van der Waals surface area contributed by atoms with E-state index in [9.17, 15) is 18.0 Å². The van der Waals surface area contributed by atoms with E-state index in [2.05, 4.69) is 10.4 Å². The second-order valence-corrected chi connectivity index (χ2v) is 10.7. The Morgan fingerprint density at radius 2 is 1.85 bits per heavy atom. The molecule has 2 aromatic heterocycles. The van der Waals surface area contributed by atoms with Gasteiger partial charge in [-0.3, -0.25) is 15.0 Å². The summed E-state index contributed by atoms with van der Waals surface area (Å²) in [6.07, 6.45) is 1.21. The largest absolute Gasteiger partial charge is 0.281 e. The highest BCUT2D eigenvalue weighted by Gasteiger charge is 2.24. The third-order valence-electron chi connectivity index (χ3n) is 5.15. The Kier molecular flexibility index (Phi) is 6.30. The smallest absolute Gasteiger partial charge is 0.272 e.